The number of H-pyrrole nitrogens is 2. The van der Waals surface area contributed by atoms with Crippen LogP contribution in [0.5, 0.6) is 0 Å². The number of carbonyl (C=O) groups is 4. The SMILES string of the molecule is COC(=O)NC(C(=O)N1CCC[C@H]1c1ncc(-c2ccc3c(c2)C(F)(F)c2cc(-c4ccc5nc([C@@H]6CCCN6C(=O)[C@@H](NC(=O)OC)[C@@H](C)OC)[nH]c5c4)ccc2-3)[nH]1)C(C)C. The molecule has 5 atom stereocenters. The van der Waals surface area contributed by atoms with E-state index in [9.17, 15) is 19.2 Å². The number of alkyl halides is 2. The second-order valence-electron chi connectivity index (χ2n) is 16.4. The monoisotopic (exact) mass is 852 g/mol. The first-order valence-corrected chi connectivity index (χ1v) is 20.8. The summed E-state index contributed by atoms with van der Waals surface area (Å²) in [6.07, 6.45) is 2.36. The van der Waals surface area contributed by atoms with Crippen LogP contribution in [0.25, 0.3) is 44.5 Å². The Morgan fingerprint density at radius 1 is 0.742 bits per heavy atom. The number of alkyl carbamates (subject to hydrolysis) is 2. The number of nitrogens with one attached hydrogen (secondary N) is 4. The molecule has 3 aromatic carbocycles. The van der Waals surface area contributed by atoms with E-state index in [0.29, 0.717) is 82.1 Å². The number of ether oxygens (including phenoxy) is 3. The fourth-order valence-electron chi connectivity index (χ4n) is 8.98. The molecule has 0 spiro atoms. The van der Waals surface area contributed by atoms with E-state index in [4.69, 9.17) is 19.2 Å². The van der Waals surface area contributed by atoms with Crippen LogP contribution < -0.4 is 10.6 Å². The van der Waals surface area contributed by atoms with Gasteiger partial charge >= 0.3 is 12.2 Å². The fraction of sp³-hybridized carbons (Fsp3) is 0.422. The second kappa shape index (κ2) is 16.8. The average Bonchev–Trinajstić information content (AvgIpc) is 4.13. The molecule has 4 N–H and O–H groups in total. The Bertz CT molecular complexity index is 2540. The highest BCUT2D eigenvalue weighted by Crippen LogP contribution is 2.53. The molecule has 62 heavy (non-hydrogen) atoms. The van der Waals surface area contributed by atoms with Crippen LogP contribution in [-0.2, 0) is 29.7 Å². The van der Waals surface area contributed by atoms with Crippen molar-refractivity contribution >= 4 is 35.0 Å². The number of likely N-dealkylation sites (tertiary alicyclic amines) is 2. The molecule has 0 saturated carbocycles. The number of hydrogen-bond donors (Lipinski definition) is 4. The Morgan fingerprint density at radius 2 is 1.29 bits per heavy atom. The summed E-state index contributed by atoms with van der Waals surface area (Å²) in [5, 5.41) is 5.24. The zero-order valence-corrected chi connectivity index (χ0v) is 35.4. The number of aromatic nitrogens is 4. The summed E-state index contributed by atoms with van der Waals surface area (Å²) in [6.45, 7) is 6.35. The molecule has 2 aliphatic heterocycles. The summed E-state index contributed by atoms with van der Waals surface area (Å²) in [4.78, 5) is 70.9. The number of fused-ring (bicyclic) bond motifs is 4. The first kappa shape index (κ1) is 42.3. The molecule has 15 nitrogen and oxygen atoms in total. The predicted molar refractivity (Wildman–Crippen MR) is 225 cm³/mol. The molecule has 2 aromatic heterocycles. The third kappa shape index (κ3) is 7.62. The van der Waals surface area contributed by atoms with E-state index in [1.165, 1.54) is 33.5 Å². The van der Waals surface area contributed by atoms with E-state index in [0.717, 1.165) is 12.8 Å². The van der Waals surface area contributed by atoms with Crippen LogP contribution >= 0.6 is 0 Å². The van der Waals surface area contributed by atoms with Crippen LogP contribution in [0.1, 0.15) is 81.3 Å². The van der Waals surface area contributed by atoms with Crippen molar-refractivity contribution in [2.24, 2.45) is 5.92 Å². The highest BCUT2D eigenvalue weighted by atomic mass is 19.3. The van der Waals surface area contributed by atoms with Crippen molar-refractivity contribution in [2.45, 2.75) is 82.6 Å². The van der Waals surface area contributed by atoms with Crippen LogP contribution in [-0.4, -0.2) is 106 Å². The number of imidazole rings is 2. The fourth-order valence-corrected chi connectivity index (χ4v) is 8.98. The van der Waals surface area contributed by atoms with E-state index in [1.54, 1.807) is 41.1 Å². The molecule has 4 amide bonds. The maximum absolute atomic E-state index is 16.5. The average molecular weight is 853 g/mol. The van der Waals surface area contributed by atoms with Gasteiger partial charge in [-0.25, -0.2) is 19.6 Å². The van der Waals surface area contributed by atoms with Crippen molar-refractivity contribution in [3.63, 3.8) is 0 Å². The Kier molecular flexibility index (Phi) is 11.5. The van der Waals surface area contributed by atoms with Gasteiger partial charge in [-0.05, 0) is 85.0 Å². The van der Waals surface area contributed by atoms with Gasteiger partial charge in [0, 0.05) is 36.9 Å². The molecule has 326 valence electrons. The van der Waals surface area contributed by atoms with Crippen molar-refractivity contribution in [3.8, 4) is 33.5 Å². The van der Waals surface area contributed by atoms with E-state index in [2.05, 4.69) is 25.6 Å². The minimum atomic E-state index is -3.29. The number of amides is 4. The molecule has 5 aromatic rings. The van der Waals surface area contributed by atoms with Gasteiger partial charge in [-0.2, -0.15) is 8.78 Å². The minimum Gasteiger partial charge on any atom is -0.453 e. The molecule has 8 rings (SSSR count). The van der Waals surface area contributed by atoms with Crippen molar-refractivity contribution < 1.29 is 42.2 Å². The number of methoxy groups -OCH3 is 3. The smallest absolute Gasteiger partial charge is 0.407 e. The molecule has 0 radical (unpaired) electrons. The van der Waals surface area contributed by atoms with Gasteiger partial charge < -0.3 is 44.6 Å². The number of halogens is 2. The second-order valence-corrected chi connectivity index (χ2v) is 16.4. The van der Waals surface area contributed by atoms with E-state index >= 15 is 8.78 Å². The summed E-state index contributed by atoms with van der Waals surface area (Å²) in [7, 11) is 3.94. The van der Waals surface area contributed by atoms with Crippen LogP contribution in [0.15, 0.2) is 60.8 Å². The Hall–Kier alpha value is -6.36. The molecule has 1 aliphatic carbocycles. The summed E-state index contributed by atoms with van der Waals surface area (Å²) in [5.41, 5.74) is 4.42. The van der Waals surface area contributed by atoms with Crippen LogP contribution in [0.4, 0.5) is 18.4 Å². The van der Waals surface area contributed by atoms with E-state index < -0.39 is 36.3 Å². The predicted octanol–water partition coefficient (Wildman–Crippen LogP) is 7.21. The van der Waals surface area contributed by atoms with Gasteiger partial charge in [-0.15, -0.1) is 0 Å². The van der Waals surface area contributed by atoms with Crippen LogP contribution in [0.3, 0.4) is 0 Å². The van der Waals surface area contributed by atoms with Crippen LogP contribution in [0.2, 0.25) is 0 Å². The van der Waals surface area contributed by atoms with Crippen molar-refractivity contribution in [3.05, 3.63) is 83.6 Å². The summed E-state index contributed by atoms with van der Waals surface area (Å²) >= 11 is 0. The summed E-state index contributed by atoms with van der Waals surface area (Å²) < 4.78 is 47.9. The molecular formula is C45H50F2N8O7. The lowest BCUT2D eigenvalue weighted by Crippen LogP contribution is -2.54. The van der Waals surface area contributed by atoms with Gasteiger partial charge in [0.25, 0.3) is 5.92 Å². The number of hydrogen-bond acceptors (Lipinski definition) is 9. The van der Waals surface area contributed by atoms with Crippen LogP contribution in [0, 0.1) is 5.92 Å². The Balaban J connectivity index is 1.01. The zero-order chi connectivity index (χ0) is 44.0. The maximum atomic E-state index is 16.5. The quantitative estimate of drug-likeness (QED) is 0.107. The Morgan fingerprint density at radius 3 is 1.90 bits per heavy atom. The summed E-state index contributed by atoms with van der Waals surface area (Å²) in [6, 6.07) is 13.1. The molecule has 2 saturated heterocycles. The summed E-state index contributed by atoms with van der Waals surface area (Å²) in [5.74, 6) is -2.90. The normalized spacial score (nSPS) is 19.2. The van der Waals surface area contributed by atoms with Crippen molar-refractivity contribution in [1.29, 1.82) is 0 Å². The minimum absolute atomic E-state index is 0.0984. The highest BCUT2D eigenvalue weighted by Gasteiger charge is 2.45. The molecule has 1 unspecified atom stereocenters. The largest absolute Gasteiger partial charge is 0.453 e. The lowest BCUT2D eigenvalue weighted by molar-refractivity contribution is -0.137. The first-order chi connectivity index (χ1) is 29.7. The molecular weight excluding hydrogens is 803 g/mol. The molecule has 2 fully saturated rings. The number of aromatic amines is 2. The lowest BCUT2D eigenvalue weighted by atomic mass is 9.98. The highest BCUT2D eigenvalue weighted by molar-refractivity contribution is 5.89. The maximum Gasteiger partial charge on any atom is 0.407 e. The van der Waals surface area contributed by atoms with Gasteiger partial charge in [0.15, 0.2) is 0 Å². The standard InChI is InChI=1S/C45H50F2N8O7/c1-23(2)37(52-43(58)61-5)41(56)54-17-7-9-35(54)39-48-22-34(51-39)27-12-15-29-28-14-11-25(19-30(28)45(46,47)31(29)20-27)26-13-16-32-33(21-26)50-40(49-32)36-10-8-18-55(36)42(57)38(24(3)60-4)53-44(59)62-6/h11-16,19-24,35-38H,7-10,17-18H2,1-6H3,(H,48,51)(H,49,50)(H,52,58)(H,53,59)/t24-,35+,36+,37?,38+/m1/s1. The van der Waals surface area contributed by atoms with Gasteiger partial charge in [0.05, 0.1) is 55.3 Å². The lowest BCUT2D eigenvalue weighted by Gasteiger charge is -2.30. The topological polar surface area (TPSA) is 184 Å². The number of nitrogens with zero attached hydrogens (tertiary/aromatic N) is 4. The molecule has 17 heteroatoms. The zero-order valence-electron chi connectivity index (χ0n) is 35.4. The number of carbonyl (C=O) groups excluding carboxylic acids is 4. The van der Waals surface area contributed by atoms with Gasteiger partial charge in [-0.1, -0.05) is 44.2 Å². The van der Waals surface area contributed by atoms with Crippen molar-refractivity contribution in [2.75, 3.05) is 34.4 Å². The molecule has 0 bridgehead atoms. The molecule has 3 aliphatic rings. The number of rotatable bonds is 11. The van der Waals surface area contributed by atoms with Gasteiger partial charge in [0.1, 0.15) is 23.7 Å². The van der Waals surface area contributed by atoms with E-state index in [1.807, 2.05) is 38.1 Å². The van der Waals surface area contributed by atoms with E-state index in [-0.39, 0.29) is 40.9 Å². The Labute approximate surface area is 356 Å². The van der Waals surface area contributed by atoms with Crippen molar-refractivity contribution in [1.82, 2.24) is 40.4 Å². The molecule has 4 heterocycles. The third-order valence-corrected chi connectivity index (χ3v) is 12.4. The third-order valence-electron chi connectivity index (χ3n) is 12.4. The number of benzene rings is 3. The van der Waals surface area contributed by atoms with Gasteiger partial charge in [-0.3, -0.25) is 9.59 Å². The first-order valence-electron chi connectivity index (χ1n) is 20.8. The van der Waals surface area contributed by atoms with Gasteiger partial charge in [0.2, 0.25) is 11.8 Å².